The van der Waals surface area contributed by atoms with Crippen LogP contribution in [0.15, 0.2) is 180 Å². The highest BCUT2D eigenvalue weighted by Crippen LogP contribution is 2.49. The highest BCUT2D eigenvalue weighted by Gasteiger charge is 2.35. The van der Waals surface area contributed by atoms with Gasteiger partial charge in [-0.1, -0.05) is 159 Å². The van der Waals surface area contributed by atoms with Crippen molar-refractivity contribution in [1.29, 1.82) is 0 Å². The van der Waals surface area contributed by atoms with E-state index < -0.39 is 0 Å². The van der Waals surface area contributed by atoms with E-state index in [-0.39, 0.29) is 5.41 Å². The van der Waals surface area contributed by atoms with Crippen molar-refractivity contribution in [3.63, 3.8) is 0 Å². The molecule has 0 spiro atoms. The van der Waals surface area contributed by atoms with Gasteiger partial charge in [0.05, 0.1) is 0 Å². The van der Waals surface area contributed by atoms with Gasteiger partial charge in [0.1, 0.15) is 11.2 Å². The van der Waals surface area contributed by atoms with Crippen LogP contribution in [0.2, 0.25) is 0 Å². The third kappa shape index (κ3) is 4.91. The minimum atomic E-state index is -0.0884. The summed E-state index contributed by atoms with van der Waals surface area (Å²) in [5.41, 5.74) is 12.0. The first kappa shape index (κ1) is 32.8. The molecule has 0 unspecified atom stereocenters. The van der Waals surface area contributed by atoms with Crippen molar-refractivity contribution < 1.29 is 4.42 Å². The lowest BCUT2D eigenvalue weighted by Crippen LogP contribution is -2.14. The van der Waals surface area contributed by atoms with Crippen molar-refractivity contribution in [3.05, 3.63) is 187 Å². The lowest BCUT2D eigenvalue weighted by molar-refractivity contribution is 0.660. The number of fused-ring (bicyclic) bond motifs is 12. The van der Waals surface area contributed by atoms with Gasteiger partial charge >= 0.3 is 0 Å². The summed E-state index contributed by atoms with van der Waals surface area (Å²) in [6.45, 7) is 4.62. The van der Waals surface area contributed by atoms with Crippen LogP contribution in [-0.2, 0) is 5.41 Å². The van der Waals surface area contributed by atoms with Crippen LogP contribution in [0.5, 0.6) is 0 Å². The Labute approximate surface area is 335 Å². The highest BCUT2D eigenvalue weighted by molar-refractivity contribution is 6.28. The van der Waals surface area contributed by atoms with E-state index in [4.69, 9.17) is 19.4 Å². The topological polar surface area (TPSA) is 51.8 Å². The molecule has 58 heavy (non-hydrogen) atoms. The number of furan rings is 1. The Morgan fingerprint density at radius 3 is 1.62 bits per heavy atom. The molecule has 0 amide bonds. The summed E-state index contributed by atoms with van der Waals surface area (Å²) in [6, 6.07) is 62.5. The van der Waals surface area contributed by atoms with Crippen LogP contribution in [0.25, 0.3) is 111 Å². The minimum Gasteiger partial charge on any atom is -0.456 e. The maximum absolute atomic E-state index is 6.35. The Kier molecular flexibility index (Phi) is 6.94. The molecule has 11 aromatic rings. The molecule has 0 fully saturated rings. The standard InChI is InChI=1S/C54H35N3O/c1-54(2)47-18-10-8-16-40(47)45-29-36(25-27-48(45)54)53-56-51(34-22-20-33(21-23-34)32-12-4-3-5-13-32)55-52(57-53)35-24-26-39-42(28-35)37-14-6-7-15-38(37)44-31-50-46(30-43(39)44)41-17-9-11-19-49(41)58-50/h3-31H,1-2H3. The fraction of sp³-hybridized carbons (Fsp3) is 0.0556. The van der Waals surface area contributed by atoms with Crippen LogP contribution in [0.4, 0.5) is 0 Å². The van der Waals surface area contributed by atoms with Gasteiger partial charge in [-0.05, 0) is 96.0 Å². The summed E-state index contributed by atoms with van der Waals surface area (Å²) >= 11 is 0. The molecule has 0 bridgehead atoms. The maximum Gasteiger partial charge on any atom is 0.164 e. The zero-order valence-electron chi connectivity index (χ0n) is 32.0. The second-order valence-electron chi connectivity index (χ2n) is 16.0. The van der Waals surface area contributed by atoms with Gasteiger partial charge in [-0.25, -0.2) is 15.0 Å². The number of para-hydroxylation sites is 1. The highest BCUT2D eigenvalue weighted by atomic mass is 16.3. The van der Waals surface area contributed by atoms with Crippen molar-refractivity contribution in [2.75, 3.05) is 0 Å². The van der Waals surface area contributed by atoms with Gasteiger partial charge in [0, 0.05) is 32.9 Å². The Hall–Kier alpha value is -7.43. The third-order valence-corrected chi connectivity index (χ3v) is 12.3. The van der Waals surface area contributed by atoms with Crippen molar-refractivity contribution >= 4 is 54.3 Å². The van der Waals surface area contributed by atoms with Gasteiger partial charge < -0.3 is 4.42 Å². The monoisotopic (exact) mass is 741 g/mol. The summed E-state index contributed by atoms with van der Waals surface area (Å²) in [4.78, 5) is 15.7. The molecule has 9 aromatic carbocycles. The summed E-state index contributed by atoms with van der Waals surface area (Å²) in [6.07, 6.45) is 0. The van der Waals surface area contributed by atoms with E-state index >= 15 is 0 Å². The smallest absolute Gasteiger partial charge is 0.164 e. The largest absolute Gasteiger partial charge is 0.456 e. The molecule has 4 nitrogen and oxygen atoms in total. The molecule has 0 saturated heterocycles. The molecule has 0 atom stereocenters. The fourth-order valence-electron chi connectivity index (χ4n) is 9.38. The van der Waals surface area contributed by atoms with Crippen molar-refractivity contribution in [1.82, 2.24) is 15.0 Å². The van der Waals surface area contributed by atoms with Crippen LogP contribution in [-0.4, -0.2) is 15.0 Å². The van der Waals surface area contributed by atoms with Gasteiger partial charge in [0.25, 0.3) is 0 Å². The molecule has 2 heterocycles. The minimum absolute atomic E-state index is 0.0884. The number of benzene rings is 9. The van der Waals surface area contributed by atoms with Crippen LogP contribution in [0.3, 0.4) is 0 Å². The quantitative estimate of drug-likeness (QED) is 0.169. The van der Waals surface area contributed by atoms with E-state index in [0.29, 0.717) is 17.5 Å². The fourth-order valence-corrected chi connectivity index (χ4v) is 9.38. The Bertz CT molecular complexity index is 3470. The summed E-state index contributed by atoms with van der Waals surface area (Å²) < 4.78 is 6.35. The number of aromatic nitrogens is 3. The van der Waals surface area contributed by atoms with E-state index in [1.165, 1.54) is 54.7 Å². The summed E-state index contributed by atoms with van der Waals surface area (Å²) in [7, 11) is 0. The van der Waals surface area contributed by atoms with Crippen molar-refractivity contribution in [2.24, 2.45) is 0 Å². The van der Waals surface area contributed by atoms with Crippen LogP contribution in [0.1, 0.15) is 25.0 Å². The number of nitrogens with zero attached hydrogens (tertiary/aromatic N) is 3. The Balaban J connectivity index is 1.07. The molecular weight excluding hydrogens is 707 g/mol. The van der Waals surface area contributed by atoms with E-state index in [9.17, 15) is 0 Å². The molecule has 0 aliphatic heterocycles. The number of rotatable bonds is 4. The molecule has 12 rings (SSSR count). The predicted octanol–water partition coefficient (Wildman–Crippen LogP) is 14.2. The van der Waals surface area contributed by atoms with Crippen molar-refractivity contribution in [3.8, 4) is 56.4 Å². The lowest BCUT2D eigenvalue weighted by atomic mass is 9.82. The van der Waals surface area contributed by atoms with Crippen LogP contribution in [0, 0.1) is 0 Å². The van der Waals surface area contributed by atoms with E-state index in [1.54, 1.807) is 0 Å². The second kappa shape index (κ2) is 12.3. The molecule has 1 aliphatic rings. The van der Waals surface area contributed by atoms with Gasteiger partial charge in [0.15, 0.2) is 17.5 Å². The Morgan fingerprint density at radius 1 is 0.328 bits per heavy atom. The molecule has 0 N–H and O–H groups in total. The maximum atomic E-state index is 6.35. The molecule has 272 valence electrons. The molecule has 1 aliphatic carbocycles. The van der Waals surface area contributed by atoms with Crippen LogP contribution >= 0.6 is 0 Å². The number of hydrogen-bond donors (Lipinski definition) is 0. The third-order valence-electron chi connectivity index (χ3n) is 12.3. The van der Waals surface area contributed by atoms with Crippen LogP contribution < -0.4 is 0 Å². The molecular formula is C54H35N3O. The van der Waals surface area contributed by atoms with Gasteiger partial charge in [0.2, 0.25) is 0 Å². The average Bonchev–Trinajstić information content (AvgIpc) is 3.76. The van der Waals surface area contributed by atoms with E-state index in [1.807, 2.05) is 18.2 Å². The van der Waals surface area contributed by atoms with E-state index in [2.05, 4.69) is 172 Å². The Morgan fingerprint density at radius 2 is 0.845 bits per heavy atom. The summed E-state index contributed by atoms with van der Waals surface area (Å²) in [5.74, 6) is 1.92. The summed E-state index contributed by atoms with van der Waals surface area (Å²) in [5, 5.41) is 9.29. The normalized spacial score (nSPS) is 13.1. The predicted molar refractivity (Wildman–Crippen MR) is 239 cm³/mol. The second-order valence-corrected chi connectivity index (χ2v) is 16.0. The first-order chi connectivity index (χ1) is 28.5. The SMILES string of the molecule is CC1(C)c2ccccc2-c2cc(-c3nc(-c4ccc(-c5ccccc5)cc4)nc(-c4ccc5c(c4)c4ccccc4c4cc6oc7ccccc7c6cc54)n3)ccc21. The first-order valence-corrected chi connectivity index (χ1v) is 19.8. The van der Waals surface area contributed by atoms with Gasteiger partial charge in [-0.15, -0.1) is 0 Å². The van der Waals surface area contributed by atoms with E-state index in [0.717, 1.165) is 49.6 Å². The van der Waals surface area contributed by atoms with Gasteiger partial charge in [-0.3, -0.25) is 0 Å². The molecule has 2 aromatic heterocycles. The number of hydrogen-bond acceptors (Lipinski definition) is 4. The lowest BCUT2D eigenvalue weighted by Gasteiger charge is -2.21. The van der Waals surface area contributed by atoms with Crippen molar-refractivity contribution in [2.45, 2.75) is 19.3 Å². The average molecular weight is 742 g/mol. The molecule has 4 heteroatoms. The van der Waals surface area contributed by atoms with Gasteiger partial charge in [-0.2, -0.15) is 0 Å². The zero-order chi connectivity index (χ0) is 38.5. The molecule has 0 saturated carbocycles. The molecule has 0 radical (unpaired) electrons. The first-order valence-electron chi connectivity index (χ1n) is 19.8. The zero-order valence-corrected chi connectivity index (χ0v) is 32.0.